The molecule has 2 fully saturated rings. The fourth-order valence-corrected chi connectivity index (χ4v) is 4.22. The van der Waals surface area contributed by atoms with Crippen molar-refractivity contribution in [3.8, 4) is 0 Å². The molecule has 20 heavy (non-hydrogen) atoms. The first-order valence-corrected chi connectivity index (χ1v) is 8.08. The summed E-state index contributed by atoms with van der Waals surface area (Å²) in [4.78, 5) is 4.96. The number of nitrogens with two attached hydrogens (primary N) is 1. The summed E-state index contributed by atoms with van der Waals surface area (Å²) >= 11 is 0. The van der Waals surface area contributed by atoms with Gasteiger partial charge in [0.2, 0.25) is 0 Å². The summed E-state index contributed by atoms with van der Waals surface area (Å²) in [7, 11) is 6.70. The smallest absolute Gasteiger partial charge is 0.0568 e. The summed E-state index contributed by atoms with van der Waals surface area (Å²) in [6.07, 6.45) is 6.70. The standard InChI is InChI=1S/C16H33N3O/c1-13-9-16(11-17,10-14(2)20-13)19(5)12-15(18(3)4)7-6-8-15/h13-14H,6-12,17H2,1-5H3. The summed E-state index contributed by atoms with van der Waals surface area (Å²) in [6.45, 7) is 6.21. The van der Waals surface area contributed by atoms with Gasteiger partial charge in [0.25, 0.3) is 0 Å². The first-order chi connectivity index (χ1) is 9.33. The third kappa shape index (κ3) is 2.89. The van der Waals surface area contributed by atoms with Gasteiger partial charge in [0.1, 0.15) is 0 Å². The summed E-state index contributed by atoms with van der Waals surface area (Å²) in [5.41, 5.74) is 6.68. The molecule has 1 aliphatic heterocycles. The van der Waals surface area contributed by atoms with Crippen molar-refractivity contribution in [1.29, 1.82) is 0 Å². The van der Waals surface area contributed by atoms with Crippen molar-refractivity contribution in [2.75, 3.05) is 34.2 Å². The number of nitrogens with zero attached hydrogens (tertiary/aromatic N) is 2. The van der Waals surface area contributed by atoms with Crippen LogP contribution in [-0.4, -0.2) is 67.3 Å². The number of likely N-dealkylation sites (N-methyl/N-ethyl adjacent to an activating group) is 2. The highest BCUT2D eigenvalue weighted by Gasteiger charge is 2.46. The van der Waals surface area contributed by atoms with Crippen LogP contribution in [-0.2, 0) is 4.74 Å². The van der Waals surface area contributed by atoms with Gasteiger partial charge >= 0.3 is 0 Å². The minimum Gasteiger partial charge on any atom is -0.375 e. The first-order valence-electron chi connectivity index (χ1n) is 8.08. The van der Waals surface area contributed by atoms with E-state index >= 15 is 0 Å². The maximum absolute atomic E-state index is 6.21. The summed E-state index contributed by atoms with van der Waals surface area (Å²) in [5, 5.41) is 0. The minimum atomic E-state index is 0.107. The molecule has 0 bridgehead atoms. The van der Waals surface area contributed by atoms with Gasteiger partial charge in [0.05, 0.1) is 12.2 Å². The summed E-state index contributed by atoms with van der Waals surface area (Å²) in [5.74, 6) is 0. The Morgan fingerprint density at radius 2 is 1.60 bits per heavy atom. The molecule has 1 aliphatic carbocycles. The van der Waals surface area contributed by atoms with Crippen LogP contribution in [0.3, 0.4) is 0 Å². The van der Waals surface area contributed by atoms with E-state index in [0.29, 0.717) is 17.7 Å². The van der Waals surface area contributed by atoms with Crippen LogP contribution in [0, 0.1) is 0 Å². The maximum Gasteiger partial charge on any atom is 0.0568 e. The minimum absolute atomic E-state index is 0.107. The van der Waals surface area contributed by atoms with Crippen LogP contribution in [0.5, 0.6) is 0 Å². The quantitative estimate of drug-likeness (QED) is 0.834. The lowest BCUT2D eigenvalue weighted by Gasteiger charge is -2.55. The van der Waals surface area contributed by atoms with Crippen LogP contribution in [0.25, 0.3) is 0 Å². The van der Waals surface area contributed by atoms with Crippen molar-refractivity contribution in [2.24, 2.45) is 5.73 Å². The molecule has 0 aromatic rings. The Hall–Kier alpha value is -0.160. The van der Waals surface area contributed by atoms with Gasteiger partial charge in [-0.15, -0.1) is 0 Å². The molecule has 2 atom stereocenters. The first kappa shape index (κ1) is 16.2. The van der Waals surface area contributed by atoms with Crippen molar-refractivity contribution in [3.05, 3.63) is 0 Å². The molecule has 4 heteroatoms. The predicted molar refractivity (Wildman–Crippen MR) is 83.9 cm³/mol. The van der Waals surface area contributed by atoms with Gasteiger partial charge in [-0.3, -0.25) is 4.90 Å². The highest BCUT2D eigenvalue weighted by molar-refractivity contribution is 5.03. The van der Waals surface area contributed by atoms with E-state index in [4.69, 9.17) is 10.5 Å². The zero-order valence-corrected chi connectivity index (χ0v) is 14.0. The predicted octanol–water partition coefficient (Wildman–Crippen LogP) is 1.69. The average Bonchev–Trinajstić information content (AvgIpc) is 2.31. The van der Waals surface area contributed by atoms with Gasteiger partial charge in [-0.2, -0.15) is 0 Å². The molecular weight excluding hydrogens is 250 g/mol. The van der Waals surface area contributed by atoms with Crippen LogP contribution < -0.4 is 5.73 Å². The average molecular weight is 283 g/mol. The molecule has 118 valence electrons. The zero-order valence-electron chi connectivity index (χ0n) is 14.0. The van der Waals surface area contributed by atoms with Gasteiger partial charge < -0.3 is 15.4 Å². The van der Waals surface area contributed by atoms with Crippen LogP contribution >= 0.6 is 0 Å². The SMILES string of the molecule is CC1CC(CN)(N(C)CC2(N(C)C)CCC2)CC(C)O1. The zero-order chi connectivity index (χ0) is 15.0. The molecule has 2 aliphatic rings. The van der Waals surface area contributed by atoms with E-state index in [-0.39, 0.29) is 5.54 Å². The summed E-state index contributed by atoms with van der Waals surface area (Å²) in [6, 6.07) is 0. The van der Waals surface area contributed by atoms with Crippen molar-refractivity contribution < 1.29 is 4.74 Å². The van der Waals surface area contributed by atoms with E-state index in [0.717, 1.165) is 25.9 Å². The van der Waals surface area contributed by atoms with E-state index in [1.54, 1.807) is 0 Å². The lowest BCUT2D eigenvalue weighted by molar-refractivity contribution is -0.110. The molecule has 2 N–H and O–H groups in total. The molecule has 1 saturated carbocycles. The van der Waals surface area contributed by atoms with Gasteiger partial charge in [-0.05, 0) is 67.1 Å². The van der Waals surface area contributed by atoms with E-state index in [1.807, 2.05) is 0 Å². The Morgan fingerprint density at radius 1 is 1.05 bits per heavy atom. The molecule has 2 unspecified atom stereocenters. The third-order valence-electron chi connectivity index (χ3n) is 5.75. The molecule has 0 amide bonds. The number of hydrogen-bond acceptors (Lipinski definition) is 4. The van der Waals surface area contributed by atoms with Gasteiger partial charge in [0, 0.05) is 24.2 Å². The van der Waals surface area contributed by atoms with Gasteiger partial charge in [0.15, 0.2) is 0 Å². The van der Waals surface area contributed by atoms with Crippen molar-refractivity contribution >= 4 is 0 Å². The second-order valence-corrected chi connectivity index (χ2v) is 7.42. The van der Waals surface area contributed by atoms with E-state index in [1.165, 1.54) is 19.3 Å². The Bertz CT molecular complexity index is 318. The van der Waals surface area contributed by atoms with Crippen LogP contribution in [0.4, 0.5) is 0 Å². The van der Waals surface area contributed by atoms with Gasteiger partial charge in [-0.1, -0.05) is 0 Å². The lowest BCUT2D eigenvalue weighted by Crippen LogP contribution is -2.65. The van der Waals surface area contributed by atoms with Crippen LogP contribution in [0.2, 0.25) is 0 Å². The normalized spacial score (nSPS) is 37.2. The number of ether oxygens (including phenoxy) is 1. The topological polar surface area (TPSA) is 41.7 Å². The number of hydrogen-bond donors (Lipinski definition) is 1. The Kier molecular flexibility index (Phi) is 4.80. The van der Waals surface area contributed by atoms with E-state index < -0.39 is 0 Å². The van der Waals surface area contributed by atoms with E-state index in [2.05, 4.69) is 44.8 Å². The maximum atomic E-state index is 6.21. The third-order valence-corrected chi connectivity index (χ3v) is 5.75. The fraction of sp³-hybridized carbons (Fsp3) is 1.00. The van der Waals surface area contributed by atoms with Crippen LogP contribution in [0.1, 0.15) is 46.0 Å². The van der Waals surface area contributed by atoms with E-state index in [9.17, 15) is 0 Å². The molecule has 0 spiro atoms. The summed E-state index contributed by atoms with van der Waals surface area (Å²) < 4.78 is 5.92. The monoisotopic (exact) mass is 283 g/mol. The largest absolute Gasteiger partial charge is 0.375 e. The lowest BCUT2D eigenvalue weighted by atomic mass is 9.73. The Balaban J connectivity index is 2.10. The van der Waals surface area contributed by atoms with Crippen molar-refractivity contribution in [2.45, 2.75) is 69.2 Å². The fourth-order valence-electron chi connectivity index (χ4n) is 4.22. The second-order valence-electron chi connectivity index (χ2n) is 7.42. The molecule has 2 rings (SSSR count). The highest BCUT2D eigenvalue weighted by atomic mass is 16.5. The molecule has 1 heterocycles. The number of rotatable bonds is 5. The molecule has 1 saturated heterocycles. The molecule has 4 nitrogen and oxygen atoms in total. The molecular formula is C16H33N3O. The molecule has 0 radical (unpaired) electrons. The van der Waals surface area contributed by atoms with Crippen molar-refractivity contribution in [3.63, 3.8) is 0 Å². The van der Waals surface area contributed by atoms with Crippen molar-refractivity contribution in [1.82, 2.24) is 9.80 Å². The van der Waals surface area contributed by atoms with Crippen LogP contribution in [0.15, 0.2) is 0 Å². The Labute approximate surface area is 124 Å². The highest BCUT2D eigenvalue weighted by Crippen LogP contribution is 2.40. The molecule has 0 aromatic heterocycles. The Morgan fingerprint density at radius 3 is 1.95 bits per heavy atom. The molecule has 0 aromatic carbocycles. The second kappa shape index (κ2) is 5.91. The van der Waals surface area contributed by atoms with Gasteiger partial charge in [-0.25, -0.2) is 0 Å².